The highest BCUT2D eigenvalue weighted by Gasteiger charge is 2.07. The highest BCUT2D eigenvalue weighted by atomic mass is 19.1. The van der Waals surface area contributed by atoms with Crippen LogP contribution in [0.5, 0.6) is 0 Å². The molecule has 76 valence electrons. The van der Waals surface area contributed by atoms with Crippen LogP contribution in [0.4, 0.5) is 10.1 Å². The van der Waals surface area contributed by atoms with Gasteiger partial charge in [0.25, 0.3) is 0 Å². The quantitative estimate of drug-likeness (QED) is 0.761. The molecule has 0 unspecified atom stereocenters. The molecule has 1 aromatic rings. The zero-order valence-electron chi connectivity index (χ0n) is 8.13. The summed E-state index contributed by atoms with van der Waals surface area (Å²) in [6.45, 7) is 0.842. The van der Waals surface area contributed by atoms with E-state index in [2.05, 4.69) is 10.3 Å². The van der Waals surface area contributed by atoms with Gasteiger partial charge in [0.2, 0.25) is 0 Å². The minimum Gasteiger partial charge on any atom is -0.344 e. The van der Waals surface area contributed by atoms with Crippen molar-refractivity contribution in [3.63, 3.8) is 0 Å². The van der Waals surface area contributed by atoms with Gasteiger partial charge >= 0.3 is 0 Å². The van der Waals surface area contributed by atoms with Crippen LogP contribution in [0.3, 0.4) is 0 Å². The van der Waals surface area contributed by atoms with Crippen LogP contribution in [-0.4, -0.2) is 12.4 Å². The number of hydrogen-bond donors (Lipinski definition) is 1. The van der Waals surface area contributed by atoms with E-state index in [9.17, 15) is 4.39 Å². The van der Waals surface area contributed by atoms with Crippen LogP contribution in [0.25, 0.3) is 0 Å². The molecule has 0 spiro atoms. The second kappa shape index (κ2) is 4.09. The fraction of sp³-hybridized carbons (Fsp3) is 0.273. The zero-order chi connectivity index (χ0) is 10.7. The highest BCUT2D eigenvalue weighted by Crippen LogP contribution is 2.15. The van der Waals surface area contributed by atoms with E-state index in [4.69, 9.17) is 5.26 Å². The molecule has 0 aromatic heterocycles. The molecule has 15 heavy (non-hydrogen) atoms. The maximum absolute atomic E-state index is 13.0. The number of rotatable bonds is 1. The molecule has 1 aliphatic heterocycles. The number of nitriles is 1. The smallest absolute Gasteiger partial charge is 0.141 e. The molecule has 0 bridgehead atoms. The van der Waals surface area contributed by atoms with Crippen molar-refractivity contribution in [1.82, 2.24) is 0 Å². The van der Waals surface area contributed by atoms with Gasteiger partial charge in [0.15, 0.2) is 0 Å². The number of aliphatic imine (C=N–C) groups is 1. The fourth-order valence-electron chi connectivity index (χ4n) is 1.50. The third-order valence-electron chi connectivity index (χ3n) is 2.25. The molecule has 1 heterocycles. The Morgan fingerprint density at radius 3 is 3.00 bits per heavy atom. The van der Waals surface area contributed by atoms with Crippen molar-refractivity contribution >= 4 is 11.5 Å². The number of hydrogen-bond acceptors (Lipinski definition) is 3. The summed E-state index contributed by atoms with van der Waals surface area (Å²) in [6, 6.07) is 6.20. The minimum absolute atomic E-state index is 0.0543. The number of anilines is 1. The molecule has 0 fully saturated rings. The summed E-state index contributed by atoms with van der Waals surface area (Å²) in [7, 11) is 0. The van der Waals surface area contributed by atoms with Gasteiger partial charge in [0, 0.05) is 18.7 Å². The minimum atomic E-state index is -0.489. The Hall–Kier alpha value is -1.89. The van der Waals surface area contributed by atoms with Crippen molar-refractivity contribution in [2.75, 3.05) is 11.9 Å². The maximum atomic E-state index is 13.0. The Morgan fingerprint density at radius 1 is 1.47 bits per heavy atom. The van der Waals surface area contributed by atoms with Gasteiger partial charge in [-0.1, -0.05) is 0 Å². The Balaban J connectivity index is 2.19. The van der Waals surface area contributed by atoms with Crippen LogP contribution in [-0.2, 0) is 0 Å². The zero-order valence-corrected chi connectivity index (χ0v) is 8.13. The van der Waals surface area contributed by atoms with Crippen molar-refractivity contribution in [3.05, 3.63) is 29.6 Å². The Kier molecular flexibility index (Phi) is 2.64. The molecule has 0 aliphatic carbocycles. The molecule has 1 aromatic carbocycles. The normalized spacial score (nSPS) is 14.5. The van der Waals surface area contributed by atoms with Crippen molar-refractivity contribution in [2.45, 2.75) is 12.8 Å². The molecule has 0 amide bonds. The summed E-state index contributed by atoms with van der Waals surface area (Å²) < 4.78 is 13.0. The largest absolute Gasteiger partial charge is 0.344 e. The molecule has 1 aliphatic rings. The summed E-state index contributed by atoms with van der Waals surface area (Å²) in [5.41, 5.74) is 0.771. The lowest BCUT2D eigenvalue weighted by atomic mass is 10.2. The van der Waals surface area contributed by atoms with Crippen molar-refractivity contribution in [1.29, 1.82) is 5.26 Å². The molecule has 0 saturated carbocycles. The predicted octanol–water partition coefficient (Wildman–Crippen LogP) is 2.30. The Bertz CT molecular complexity index is 446. The Morgan fingerprint density at radius 2 is 2.33 bits per heavy atom. The molecular formula is C11H10FN3. The molecule has 3 nitrogen and oxygen atoms in total. The van der Waals surface area contributed by atoms with Crippen LogP contribution in [0.2, 0.25) is 0 Å². The van der Waals surface area contributed by atoms with E-state index in [1.54, 1.807) is 12.1 Å². The van der Waals surface area contributed by atoms with Crippen LogP contribution in [0.15, 0.2) is 23.2 Å². The van der Waals surface area contributed by atoms with Crippen molar-refractivity contribution in [2.24, 2.45) is 4.99 Å². The first kappa shape index (κ1) is 9.66. The molecule has 0 saturated heterocycles. The number of nitrogens with one attached hydrogen (secondary N) is 1. The van der Waals surface area contributed by atoms with E-state index in [1.807, 2.05) is 0 Å². The first-order chi connectivity index (χ1) is 7.29. The summed E-state index contributed by atoms with van der Waals surface area (Å²) in [5.74, 6) is 0.418. The summed E-state index contributed by atoms with van der Waals surface area (Å²) in [5, 5.41) is 11.7. The molecule has 1 N–H and O–H groups in total. The lowest BCUT2D eigenvalue weighted by Crippen LogP contribution is -2.08. The maximum Gasteiger partial charge on any atom is 0.141 e. The van der Waals surface area contributed by atoms with Gasteiger partial charge in [-0.2, -0.15) is 5.26 Å². The highest BCUT2D eigenvalue weighted by molar-refractivity contribution is 5.96. The van der Waals surface area contributed by atoms with Crippen molar-refractivity contribution in [3.8, 4) is 6.07 Å². The van der Waals surface area contributed by atoms with E-state index < -0.39 is 5.82 Å². The molecule has 4 heteroatoms. The van der Waals surface area contributed by atoms with Gasteiger partial charge in [-0.05, 0) is 24.6 Å². The van der Waals surface area contributed by atoms with E-state index in [0.29, 0.717) is 5.69 Å². The number of nitrogens with zero attached hydrogens (tertiary/aromatic N) is 2. The van der Waals surface area contributed by atoms with Crippen LogP contribution >= 0.6 is 0 Å². The molecule has 0 atom stereocenters. The van der Waals surface area contributed by atoms with E-state index in [-0.39, 0.29) is 5.56 Å². The molecule has 2 rings (SSSR count). The SMILES string of the molecule is N#Cc1cc(NC2=NCCC2)ccc1F. The summed E-state index contributed by atoms with van der Waals surface area (Å²) >= 11 is 0. The van der Waals surface area contributed by atoms with Crippen molar-refractivity contribution < 1.29 is 4.39 Å². The van der Waals surface area contributed by atoms with Gasteiger partial charge in [-0.15, -0.1) is 0 Å². The third-order valence-corrected chi connectivity index (χ3v) is 2.25. The molecular weight excluding hydrogens is 193 g/mol. The predicted molar refractivity (Wildman–Crippen MR) is 56.3 cm³/mol. The van der Waals surface area contributed by atoms with Gasteiger partial charge in [0.1, 0.15) is 17.7 Å². The summed E-state index contributed by atoms with van der Waals surface area (Å²) in [4.78, 5) is 4.24. The first-order valence-corrected chi connectivity index (χ1v) is 4.79. The van der Waals surface area contributed by atoms with E-state index >= 15 is 0 Å². The van der Waals surface area contributed by atoms with Crippen LogP contribution < -0.4 is 5.32 Å². The number of amidine groups is 1. The van der Waals surface area contributed by atoms with Crippen LogP contribution in [0.1, 0.15) is 18.4 Å². The average molecular weight is 203 g/mol. The fourth-order valence-corrected chi connectivity index (χ4v) is 1.50. The lowest BCUT2D eigenvalue weighted by Gasteiger charge is -2.05. The second-order valence-corrected chi connectivity index (χ2v) is 3.36. The third kappa shape index (κ3) is 2.13. The summed E-state index contributed by atoms with van der Waals surface area (Å²) in [6.07, 6.45) is 1.97. The average Bonchev–Trinajstić information content (AvgIpc) is 2.73. The standard InChI is InChI=1S/C11H10FN3/c12-10-4-3-9(6-8(10)7-13)15-11-2-1-5-14-11/h3-4,6H,1-2,5H2,(H,14,15). The van der Waals surface area contributed by atoms with Gasteiger partial charge < -0.3 is 5.32 Å². The van der Waals surface area contributed by atoms with Gasteiger partial charge in [-0.3, -0.25) is 4.99 Å². The monoisotopic (exact) mass is 203 g/mol. The lowest BCUT2D eigenvalue weighted by molar-refractivity contribution is 0.624. The topological polar surface area (TPSA) is 48.2 Å². The second-order valence-electron chi connectivity index (χ2n) is 3.36. The van der Waals surface area contributed by atoms with Crippen LogP contribution in [0, 0.1) is 17.1 Å². The van der Waals surface area contributed by atoms with Gasteiger partial charge in [-0.25, -0.2) is 4.39 Å². The Labute approximate surface area is 87.3 Å². The van der Waals surface area contributed by atoms with E-state index in [0.717, 1.165) is 25.2 Å². The van der Waals surface area contributed by atoms with Gasteiger partial charge in [0.05, 0.1) is 5.56 Å². The molecule has 0 radical (unpaired) electrons. The first-order valence-electron chi connectivity index (χ1n) is 4.79. The number of benzene rings is 1. The van der Waals surface area contributed by atoms with E-state index in [1.165, 1.54) is 12.1 Å². The number of halogens is 1.